The zero-order chi connectivity index (χ0) is 18.4. The molecule has 0 spiro atoms. The molecule has 2 aromatic heterocycles. The summed E-state index contributed by atoms with van der Waals surface area (Å²) in [7, 11) is 0. The topological polar surface area (TPSA) is 67.8 Å². The number of anilines is 1. The fourth-order valence-electron chi connectivity index (χ4n) is 2.35. The highest BCUT2D eigenvalue weighted by molar-refractivity contribution is 7.18. The predicted molar refractivity (Wildman–Crippen MR) is 103 cm³/mol. The molecular weight excluding hydrogens is 356 g/mol. The van der Waals surface area contributed by atoms with Gasteiger partial charge in [-0.3, -0.25) is 10.1 Å². The number of nitrogens with zero attached hydrogens (tertiary/aromatic N) is 3. The summed E-state index contributed by atoms with van der Waals surface area (Å²) in [5.41, 5.74) is 2.83. The second-order valence-electron chi connectivity index (χ2n) is 6.95. The molecule has 0 aliphatic rings. The third kappa shape index (κ3) is 3.65. The molecule has 0 saturated heterocycles. The predicted octanol–water partition coefficient (Wildman–Crippen LogP) is 5.01. The maximum Gasteiger partial charge on any atom is 0.232 e. The zero-order valence-corrected chi connectivity index (χ0v) is 16.3. The van der Waals surface area contributed by atoms with Gasteiger partial charge < -0.3 is 0 Å². The Balaban J connectivity index is 2.18. The van der Waals surface area contributed by atoms with E-state index in [0.29, 0.717) is 16.7 Å². The average molecular weight is 375 g/mol. The summed E-state index contributed by atoms with van der Waals surface area (Å²) in [5, 5.41) is 4.38. The molecular formula is C18H19ClN4OS. The summed E-state index contributed by atoms with van der Waals surface area (Å²) in [6.07, 6.45) is 0. The van der Waals surface area contributed by atoms with E-state index in [1.807, 2.05) is 52.8 Å². The van der Waals surface area contributed by atoms with E-state index in [9.17, 15) is 4.79 Å². The number of thiazole rings is 1. The Morgan fingerprint density at radius 2 is 1.88 bits per heavy atom. The molecule has 130 valence electrons. The van der Waals surface area contributed by atoms with Crippen molar-refractivity contribution in [1.82, 2.24) is 15.0 Å². The second-order valence-corrected chi connectivity index (χ2v) is 8.56. The van der Waals surface area contributed by atoms with Crippen LogP contribution in [0.15, 0.2) is 18.2 Å². The molecule has 7 heteroatoms. The Hall–Kier alpha value is -2.05. The van der Waals surface area contributed by atoms with E-state index in [4.69, 9.17) is 11.6 Å². The van der Waals surface area contributed by atoms with Crippen LogP contribution in [0.1, 0.15) is 31.3 Å². The lowest BCUT2D eigenvalue weighted by Crippen LogP contribution is -2.28. The third-order valence-corrected chi connectivity index (χ3v) is 4.82. The van der Waals surface area contributed by atoms with Crippen molar-refractivity contribution in [3.63, 3.8) is 0 Å². The van der Waals surface area contributed by atoms with E-state index in [-0.39, 0.29) is 5.91 Å². The number of carbonyl (C=O) groups is 1. The van der Waals surface area contributed by atoms with E-state index in [1.54, 1.807) is 0 Å². The highest BCUT2D eigenvalue weighted by Crippen LogP contribution is 2.33. The van der Waals surface area contributed by atoms with E-state index in [2.05, 4.69) is 20.3 Å². The molecule has 3 aromatic rings. The fraction of sp³-hybridized carbons (Fsp3) is 0.333. The number of amides is 1. The number of benzene rings is 1. The molecule has 0 atom stereocenters. The Morgan fingerprint density at radius 1 is 1.16 bits per heavy atom. The van der Waals surface area contributed by atoms with Crippen LogP contribution in [-0.4, -0.2) is 20.9 Å². The number of aromatic nitrogens is 3. The first kappa shape index (κ1) is 17.8. The summed E-state index contributed by atoms with van der Waals surface area (Å²) in [6.45, 7) is 9.45. The maximum atomic E-state index is 12.3. The van der Waals surface area contributed by atoms with E-state index < -0.39 is 5.41 Å². The molecule has 1 aromatic carbocycles. The van der Waals surface area contributed by atoms with Gasteiger partial charge in [0.1, 0.15) is 16.0 Å². The molecule has 25 heavy (non-hydrogen) atoms. The normalized spacial score (nSPS) is 11.8. The van der Waals surface area contributed by atoms with E-state index in [1.165, 1.54) is 11.3 Å². The first-order valence-corrected chi connectivity index (χ1v) is 9.08. The summed E-state index contributed by atoms with van der Waals surface area (Å²) < 4.78 is 0. The van der Waals surface area contributed by atoms with Crippen molar-refractivity contribution in [3.05, 3.63) is 33.8 Å². The number of rotatable bonds is 2. The van der Waals surface area contributed by atoms with Crippen LogP contribution in [0.5, 0.6) is 0 Å². The van der Waals surface area contributed by atoms with Gasteiger partial charge in [0.25, 0.3) is 0 Å². The summed E-state index contributed by atoms with van der Waals surface area (Å²) in [5.74, 6) is 0.160. The zero-order valence-electron chi connectivity index (χ0n) is 14.8. The Kier molecular flexibility index (Phi) is 4.51. The van der Waals surface area contributed by atoms with Gasteiger partial charge in [0.15, 0.2) is 0 Å². The fourth-order valence-corrected chi connectivity index (χ4v) is 3.37. The highest BCUT2D eigenvalue weighted by Gasteiger charge is 2.23. The number of aryl methyl sites for hydroxylation is 2. The van der Waals surface area contributed by atoms with Crippen molar-refractivity contribution in [3.8, 4) is 11.3 Å². The van der Waals surface area contributed by atoms with Crippen LogP contribution in [-0.2, 0) is 4.79 Å². The van der Waals surface area contributed by atoms with Gasteiger partial charge in [-0.15, -0.1) is 0 Å². The number of hydrogen-bond donors (Lipinski definition) is 1. The molecule has 0 aliphatic heterocycles. The second kappa shape index (κ2) is 6.35. The van der Waals surface area contributed by atoms with Crippen LogP contribution in [0.25, 0.3) is 21.6 Å². The molecule has 0 bridgehead atoms. The van der Waals surface area contributed by atoms with Gasteiger partial charge in [0.2, 0.25) is 11.9 Å². The lowest BCUT2D eigenvalue weighted by atomic mass is 9.96. The summed E-state index contributed by atoms with van der Waals surface area (Å²) in [6, 6.07) is 5.63. The quantitative estimate of drug-likeness (QED) is 0.684. The maximum absolute atomic E-state index is 12.3. The smallest absolute Gasteiger partial charge is 0.232 e. The minimum atomic E-state index is -0.529. The van der Waals surface area contributed by atoms with Gasteiger partial charge in [-0.1, -0.05) is 49.8 Å². The van der Waals surface area contributed by atoms with Crippen LogP contribution < -0.4 is 5.32 Å². The minimum absolute atomic E-state index is 0.133. The molecule has 1 amide bonds. The number of carbonyl (C=O) groups excluding carboxylic acids is 1. The molecule has 3 rings (SSSR count). The van der Waals surface area contributed by atoms with Gasteiger partial charge in [-0.05, 0) is 31.5 Å². The average Bonchev–Trinajstić information content (AvgIpc) is 2.86. The lowest BCUT2D eigenvalue weighted by molar-refractivity contribution is -0.123. The molecule has 0 fully saturated rings. The monoisotopic (exact) mass is 374 g/mol. The lowest BCUT2D eigenvalue weighted by Gasteiger charge is -2.17. The van der Waals surface area contributed by atoms with Gasteiger partial charge in [0.05, 0.1) is 5.01 Å². The highest BCUT2D eigenvalue weighted by atomic mass is 35.5. The van der Waals surface area contributed by atoms with Crippen molar-refractivity contribution >= 4 is 45.1 Å². The number of halogens is 1. The molecule has 0 unspecified atom stereocenters. The number of fused-ring (bicyclic) bond motifs is 1. The molecule has 0 saturated carbocycles. The van der Waals surface area contributed by atoms with Gasteiger partial charge >= 0.3 is 0 Å². The minimum Gasteiger partial charge on any atom is -0.294 e. The number of nitrogens with one attached hydrogen (secondary N) is 1. The largest absolute Gasteiger partial charge is 0.294 e. The Bertz CT molecular complexity index is 975. The van der Waals surface area contributed by atoms with E-state index >= 15 is 0 Å². The van der Waals surface area contributed by atoms with Crippen LogP contribution in [0.2, 0.25) is 5.02 Å². The SMILES string of the molecule is Cc1nc2c(-c3ccc(Cl)cc3C)nc(NC(=O)C(C)(C)C)nc2s1. The van der Waals surface area contributed by atoms with Crippen molar-refractivity contribution < 1.29 is 4.79 Å². The van der Waals surface area contributed by atoms with Gasteiger partial charge in [-0.2, -0.15) is 4.98 Å². The Morgan fingerprint density at radius 3 is 2.52 bits per heavy atom. The van der Waals surface area contributed by atoms with Crippen molar-refractivity contribution in [2.24, 2.45) is 5.41 Å². The summed E-state index contributed by atoms with van der Waals surface area (Å²) >= 11 is 7.55. The van der Waals surface area contributed by atoms with Crippen molar-refractivity contribution in [2.75, 3.05) is 5.32 Å². The molecule has 0 radical (unpaired) electrons. The van der Waals surface area contributed by atoms with Crippen molar-refractivity contribution in [1.29, 1.82) is 0 Å². The molecule has 5 nitrogen and oxygen atoms in total. The Labute approximate surface area is 155 Å². The van der Waals surface area contributed by atoms with Crippen LogP contribution in [0.3, 0.4) is 0 Å². The van der Waals surface area contributed by atoms with Crippen LogP contribution >= 0.6 is 22.9 Å². The molecule has 1 N–H and O–H groups in total. The molecule has 0 aliphatic carbocycles. The van der Waals surface area contributed by atoms with Crippen LogP contribution in [0, 0.1) is 19.3 Å². The van der Waals surface area contributed by atoms with Gasteiger partial charge in [-0.25, -0.2) is 9.97 Å². The van der Waals surface area contributed by atoms with E-state index in [0.717, 1.165) is 26.5 Å². The van der Waals surface area contributed by atoms with Crippen molar-refractivity contribution in [2.45, 2.75) is 34.6 Å². The standard InChI is InChI=1S/C18H19ClN4OS/c1-9-8-11(19)6-7-12(9)13-14-15(25-10(2)20-14)22-17(21-13)23-16(24)18(3,4)5/h6-8H,1-5H3,(H,21,22,23,24). The number of hydrogen-bond acceptors (Lipinski definition) is 5. The first-order valence-electron chi connectivity index (χ1n) is 7.88. The van der Waals surface area contributed by atoms with Crippen LogP contribution in [0.4, 0.5) is 5.95 Å². The third-order valence-electron chi connectivity index (χ3n) is 3.72. The summed E-state index contributed by atoms with van der Waals surface area (Å²) in [4.78, 5) is 26.7. The molecule has 2 heterocycles. The van der Waals surface area contributed by atoms with Gasteiger partial charge in [0, 0.05) is 16.0 Å². The first-order chi connectivity index (χ1) is 11.6.